The summed E-state index contributed by atoms with van der Waals surface area (Å²) in [5.74, 6) is -2.65. The number of methoxy groups -OCH3 is 1. The number of hydrogen-bond acceptors (Lipinski definition) is 4. The summed E-state index contributed by atoms with van der Waals surface area (Å²) in [4.78, 5) is 15.2. The van der Waals surface area contributed by atoms with Gasteiger partial charge in [-0.25, -0.2) is 4.79 Å². The van der Waals surface area contributed by atoms with Crippen molar-refractivity contribution in [3.05, 3.63) is 36.1 Å². The van der Waals surface area contributed by atoms with Crippen LogP contribution < -0.4 is 0 Å². The first-order valence-electron chi connectivity index (χ1n) is 5.33. The molecular formula is C12H10F3NO3. The largest absolute Gasteiger partial charge is 0.466 e. The molecule has 1 aliphatic heterocycles. The first-order valence-corrected chi connectivity index (χ1v) is 5.33. The Kier molecular flexibility index (Phi) is 3.09. The molecule has 1 heterocycles. The highest BCUT2D eigenvalue weighted by atomic mass is 19.4. The Labute approximate surface area is 106 Å². The van der Waals surface area contributed by atoms with E-state index >= 15 is 0 Å². The molecule has 1 N–H and O–H groups in total. The van der Waals surface area contributed by atoms with Crippen LogP contribution in [0, 0.1) is 5.92 Å². The minimum Gasteiger partial charge on any atom is -0.466 e. The minimum absolute atomic E-state index is 0.337. The molecule has 0 spiro atoms. The van der Waals surface area contributed by atoms with Crippen molar-refractivity contribution < 1.29 is 27.8 Å². The summed E-state index contributed by atoms with van der Waals surface area (Å²) in [5, 5.41) is 9.86. The number of rotatable bonds is 2. The van der Waals surface area contributed by atoms with Gasteiger partial charge in [0.2, 0.25) is 0 Å². The summed E-state index contributed by atoms with van der Waals surface area (Å²) in [6, 6.07) is 0. The lowest BCUT2D eigenvalue weighted by molar-refractivity contribution is -0.249. The van der Waals surface area contributed by atoms with Gasteiger partial charge in [0.05, 0.1) is 12.8 Å². The summed E-state index contributed by atoms with van der Waals surface area (Å²) in [6.07, 6.45) is 1.75. The van der Waals surface area contributed by atoms with Gasteiger partial charge in [0.15, 0.2) is 0 Å². The second-order valence-electron chi connectivity index (χ2n) is 4.06. The van der Waals surface area contributed by atoms with Crippen LogP contribution in [-0.4, -0.2) is 35.7 Å². The molecule has 2 aliphatic rings. The molecule has 0 bridgehead atoms. The van der Waals surface area contributed by atoms with Crippen LogP contribution in [-0.2, 0) is 9.53 Å². The van der Waals surface area contributed by atoms with E-state index < -0.39 is 29.2 Å². The molecule has 1 aliphatic carbocycles. The average Bonchev–Trinajstić information content (AvgIpc) is 2.79. The highest BCUT2D eigenvalue weighted by molar-refractivity contribution is 6.05. The first kappa shape index (κ1) is 13.5. The summed E-state index contributed by atoms with van der Waals surface area (Å²) in [6.45, 7) is 0. The summed E-state index contributed by atoms with van der Waals surface area (Å²) in [5.41, 5.74) is -3.90. The maximum absolute atomic E-state index is 13.1. The molecule has 0 aromatic rings. The fourth-order valence-electron chi connectivity index (χ4n) is 2.01. The van der Waals surface area contributed by atoms with Crippen LogP contribution >= 0.6 is 0 Å². The Balaban J connectivity index is 2.46. The van der Waals surface area contributed by atoms with Gasteiger partial charge in [-0.2, -0.15) is 13.2 Å². The number of carbonyl (C=O) groups excluding carboxylic acids is 1. The van der Waals surface area contributed by atoms with E-state index in [1.54, 1.807) is 6.08 Å². The minimum atomic E-state index is -5.19. The zero-order valence-electron chi connectivity index (χ0n) is 9.81. The third-order valence-corrected chi connectivity index (χ3v) is 3.00. The molecule has 19 heavy (non-hydrogen) atoms. The van der Waals surface area contributed by atoms with Crippen molar-refractivity contribution in [1.82, 2.24) is 0 Å². The van der Waals surface area contributed by atoms with Crippen molar-refractivity contribution in [3.8, 4) is 0 Å². The quantitative estimate of drug-likeness (QED) is 0.776. The second-order valence-corrected chi connectivity index (χ2v) is 4.06. The van der Waals surface area contributed by atoms with Gasteiger partial charge in [-0.1, -0.05) is 18.2 Å². The van der Waals surface area contributed by atoms with Crippen LogP contribution in [0.5, 0.6) is 0 Å². The monoisotopic (exact) mass is 273 g/mol. The van der Waals surface area contributed by atoms with Crippen molar-refractivity contribution in [2.45, 2.75) is 11.8 Å². The number of esters is 1. The van der Waals surface area contributed by atoms with Crippen LogP contribution in [0.25, 0.3) is 0 Å². The number of carbonyl (C=O) groups is 1. The average molecular weight is 273 g/mol. The topological polar surface area (TPSA) is 58.9 Å². The standard InChI is InChI=1S/C12H10F3NO3/c1-19-10(17)11(18,12(13,14)15)8-6-16-9-5-3-2-4-7(8)9/h2-7,18H,1H3/t7-,11+/m0/s1. The zero-order chi connectivity index (χ0) is 14.3. The van der Waals surface area contributed by atoms with E-state index in [-0.39, 0.29) is 0 Å². The van der Waals surface area contributed by atoms with Crippen LogP contribution in [0.15, 0.2) is 41.1 Å². The molecule has 0 unspecified atom stereocenters. The molecule has 0 amide bonds. The van der Waals surface area contributed by atoms with Gasteiger partial charge in [0, 0.05) is 17.7 Å². The first-order chi connectivity index (χ1) is 8.82. The van der Waals surface area contributed by atoms with E-state index in [4.69, 9.17) is 0 Å². The Morgan fingerprint density at radius 2 is 2.11 bits per heavy atom. The fourth-order valence-corrected chi connectivity index (χ4v) is 2.01. The molecule has 0 fully saturated rings. The van der Waals surface area contributed by atoms with Crippen molar-refractivity contribution in [2.75, 3.05) is 7.11 Å². The number of ether oxygens (including phenoxy) is 1. The van der Waals surface area contributed by atoms with Gasteiger partial charge in [-0.05, 0) is 6.08 Å². The molecule has 7 heteroatoms. The van der Waals surface area contributed by atoms with Gasteiger partial charge in [0.1, 0.15) is 0 Å². The third kappa shape index (κ3) is 1.90. The smallest absolute Gasteiger partial charge is 0.432 e. The lowest BCUT2D eigenvalue weighted by Gasteiger charge is -2.31. The Hall–Kier alpha value is -1.89. The third-order valence-electron chi connectivity index (χ3n) is 3.00. The van der Waals surface area contributed by atoms with Crippen molar-refractivity contribution >= 4 is 11.7 Å². The van der Waals surface area contributed by atoms with Crippen LogP contribution in [0.4, 0.5) is 13.2 Å². The van der Waals surface area contributed by atoms with E-state index in [0.717, 1.165) is 13.3 Å². The number of fused-ring (bicyclic) bond motifs is 1. The molecular weight excluding hydrogens is 263 g/mol. The zero-order valence-corrected chi connectivity index (χ0v) is 9.81. The lowest BCUT2D eigenvalue weighted by atomic mass is 9.81. The van der Waals surface area contributed by atoms with E-state index in [1.165, 1.54) is 18.2 Å². The highest BCUT2D eigenvalue weighted by Gasteiger charge is 2.65. The molecule has 102 valence electrons. The number of nitrogens with zero attached hydrogens (tertiary/aromatic N) is 1. The maximum atomic E-state index is 13.1. The van der Waals surface area contributed by atoms with E-state index in [1.807, 2.05) is 0 Å². The molecule has 0 saturated carbocycles. The van der Waals surface area contributed by atoms with Crippen LogP contribution in [0.3, 0.4) is 0 Å². The van der Waals surface area contributed by atoms with Gasteiger partial charge in [-0.3, -0.25) is 4.99 Å². The van der Waals surface area contributed by atoms with Crippen molar-refractivity contribution in [1.29, 1.82) is 0 Å². The Morgan fingerprint density at radius 1 is 1.42 bits per heavy atom. The van der Waals surface area contributed by atoms with Crippen molar-refractivity contribution in [3.63, 3.8) is 0 Å². The van der Waals surface area contributed by atoms with Crippen LogP contribution in [0.2, 0.25) is 0 Å². The summed E-state index contributed by atoms with van der Waals surface area (Å²) < 4.78 is 43.3. The van der Waals surface area contributed by atoms with E-state index in [0.29, 0.717) is 5.71 Å². The highest BCUT2D eigenvalue weighted by Crippen LogP contribution is 2.43. The number of hydrogen-bond donors (Lipinski definition) is 1. The molecule has 0 radical (unpaired) electrons. The maximum Gasteiger partial charge on any atom is 0.432 e. The van der Waals surface area contributed by atoms with E-state index in [2.05, 4.69) is 9.73 Å². The van der Waals surface area contributed by atoms with Gasteiger partial charge >= 0.3 is 12.1 Å². The number of aliphatic hydroxyl groups is 1. The number of aliphatic imine (C=N–C) groups is 1. The number of alkyl halides is 3. The van der Waals surface area contributed by atoms with Gasteiger partial charge < -0.3 is 9.84 Å². The molecule has 0 aromatic heterocycles. The summed E-state index contributed by atoms with van der Waals surface area (Å²) >= 11 is 0. The predicted molar refractivity (Wildman–Crippen MR) is 60.3 cm³/mol. The molecule has 2 rings (SSSR count). The molecule has 4 nitrogen and oxygen atoms in total. The van der Waals surface area contributed by atoms with Crippen LogP contribution in [0.1, 0.15) is 0 Å². The Morgan fingerprint density at radius 3 is 2.68 bits per heavy atom. The molecule has 0 aromatic carbocycles. The van der Waals surface area contributed by atoms with Crippen molar-refractivity contribution in [2.24, 2.45) is 10.9 Å². The number of halogens is 3. The molecule has 0 saturated heterocycles. The Bertz CT molecular complexity index is 531. The van der Waals surface area contributed by atoms with Gasteiger partial charge in [-0.15, -0.1) is 0 Å². The summed E-state index contributed by atoms with van der Waals surface area (Å²) in [7, 11) is 0.785. The second kappa shape index (κ2) is 4.34. The normalized spacial score (nSPS) is 24.4. The van der Waals surface area contributed by atoms with Gasteiger partial charge in [0.25, 0.3) is 5.60 Å². The fraction of sp³-hybridized carbons (Fsp3) is 0.333. The lowest BCUT2D eigenvalue weighted by Crippen LogP contribution is -2.55. The molecule has 2 atom stereocenters. The SMILES string of the molecule is COC(=O)[C@](O)(C1=CN=C2C=CC=C[C@@H]12)C(F)(F)F. The predicted octanol–water partition coefficient (Wildman–Crippen LogP) is 1.53. The van der Waals surface area contributed by atoms with E-state index in [9.17, 15) is 23.1 Å². The number of allylic oxidation sites excluding steroid dienone is 4.